The number of carbonyl (C=O) groups is 2. The van der Waals surface area contributed by atoms with Gasteiger partial charge < -0.3 is 29.1 Å². The Hall–Kier alpha value is -4.52. The summed E-state index contributed by atoms with van der Waals surface area (Å²) in [6, 6.07) is 5.79. The lowest BCUT2D eigenvalue weighted by Gasteiger charge is -2.56. The number of likely N-dealkylation sites (tertiary alicyclic amines) is 1. The van der Waals surface area contributed by atoms with Crippen molar-refractivity contribution in [1.82, 2.24) is 29.6 Å². The number of methoxy groups -OCH3 is 1. The summed E-state index contributed by atoms with van der Waals surface area (Å²) in [5, 5.41) is 11.4. The smallest absolute Gasteiger partial charge is 0.409 e. The fourth-order valence-electron chi connectivity index (χ4n) is 5.26. The lowest BCUT2D eigenvalue weighted by Crippen LogP contribution is -2.66. The topological polar surface area (TPSA) is 140 Å². The zero-order chi connectivity index (χ0) is 26.7. The number of aryl methyl sites for hydroxylation is 1. The van der Waals surface area contributed by atoms with Gasteiger partial charge >= 0.3 is 6.09 Å². The fraction of sp³-hybridized carbons (Fsp3) is 0.385. The highest BCUT2D eigenvalue weighted by atomic mass is 16.5. The van der Waals surface area contributed by atoms with E-state index in [1.54, 1.807) is 27.9 Å². The number of amides is 2. The summed E-state index contributed by atoms with van der Waals surface area (Å²) in [6.45, 7) is 6.27. The molecule has 7 rings (SSSR count). The first-order valence-electron chi connectivity index (χ1n) is 12.7. The molecule has 3 aliphatic heterocycles. The minimum Gasteiger partial charge on any atom is -0.453 e. The third-order valence-electron chi connectivity index (χ3n) is 7.68. The van der Waals surface area contributed by atoms with Gasteiger partial charge in [0.15, 0.2) is 0 Å². The summed E-state index contributed by atoms with van der Waals surface area (Å²) in [5.41, 5.74) is 4.33. The van der Waals surface area contributed by atoms with Crippen molar-refractivity contribution in [3.8, 4) is 11.4 Å². The summed E-state index contributed by atoms with van der Waals surface area (Å²) in [5.74, 6) is 0.459. The molecule has 4 aromatic heterocycles. The number of ether oxygens (including phenoxy) is 2. The van der Waals surface area contributed by atoms with Crippen LogP contribution >= 0.6 is 0 Å². The van der Waals surface area contributed by atoms with Gasteiger partial charge in [0.25, 0.3) is 5.91 Å². The molecule has 3 aliphatic rings. The molecule has 0 bridgehead atoms. The minimum atomic E-state index is -0.380. The standard InChI is InChI=1S/C26H26N8O5/c1-15-20(5-16(7-27-15)22-30-24(39-31-22)17-9-32(10-17)25(36)37-2)29-23(35)19-8-28-34-4-3-18(6-21(19)34)33-11-26(12-33)13-38-14-26/h3-8,17H,9-14H2,1-2H3,(H,29,35). The van der Waals surface area contributed by atoms with E-state index >= 15 is 0 Å². The number of aromatic nitrogens is 5. The maximum Gasteiger partial charge on any atom is 0.409 e. The average Bonchev–Trinajstić information content (AvgIpc) is 3.50. The molecule has 39 heavy (non-hydrogen) atoms. The highest BCUT2D eigenvalue weighted by molar-refractivity contribution is 6.09. The Morgan fingerprint density at radius 3 is 2.74 bits per heavy atom. The van der Waals surface area contributed by atoms with E-state index < -0.39 is 0 Å². The van der Waals surface area contributed by atoms with Gasteiger partial charge in [-0.05, 0) is 25.1 Å². The van der Waals surface area contributed by atoms with E-state index in [4.69, 9.17) is 14.0 Å². The molecule has 0 atom stereocenters. The second-order valence-corrected chi connectivity index (χ2v) is 10.5. The molecule has 13 heteroatoms. The second kappa shape index (κ2) is 8.76. The molecule has 0 unspecified atom stereocenters. The Morgan fingerprint density at radius 2 is 2.00 bits per heavy atom. The Bertz CT molecular complexity index is 1590. The summed E-state index contributed by atoms with van der Waals surface area (Å²) < 4.78 is 17.2. The highest BCUT2D eigenvalue weighted by Gasteiger charge is 2.49. The molecule has 3 saturated heterocycles. The normalized spacial score (nSPS) is 18.0. The van der Waals surface area contributed by atoms with Gasteiger partial charge in [-0.3, -0.25) is 9.78 Å². The van der Waals surface area contributed by atoms with Crippen LogP contribution in [0.4, 0.5) is 16.2 Å². The van der Waals surface area contributed by atoms with E-state index in [1.807, 2.05) is 25.3 Å². The van der Waals surface area contributed by atoms with Crippen LogP contribution in [0.2, 0.25) is 0 Å². The van der Waals surface area contributed by atoms with Crippen molar-refractivity contribution in [2.75, 3.05) is 56.7 Å². The van der Waals surface area contributed by atoms with Crippen LogP contribution in [-0.2, 0) is 9.47 Å². The van der Waals surface area contributed by atoms with Crippen molar-refractivity contribution in [2.24, 2.45) is 5.41 Å². The first-order chi connectivity index (χ1) is 18.9. The maximum absolute atomic E-state index is 13.3. The van der Waals surface area contributed by atoms with Gasteiger partial charge in [0.05, 0.1) is 60.3 Å². The molecular formula is C26H26N8O5. The van der Waals surface area contributed by atoms with Crippen LogP contribution in [0.25, 0.3) is 16.9 Å². The largest absolute Gasteiger partial charge is 0.453 e. The SMILES string of the molecule is COC(=O)N1CC(c2nc(-c3cnc(C)c(NC(=O)c4cnn5ccc(N6CC7(COC7)C6)cc45)c3)no2)C1. The molecule has 200 valence electrons. The van der Waals surface area contributed by atoms with Crippen molar-refractivity contribution in [3.63, 3.8) is 0 Å². The maximum atomic E-state index is 13.3. The Kier molecular flexibility index (Phi) is 5.30. The highest BCUT2D eigenvalue weighted by Crippen LogP contribution is 2.40. The lowest BCUT2D eigenvalue weighted by molar-refractivity contribution is -0.127. The molecule has 2 amide bonds. The van der Waals surface area contributed by atoms with Gasteiger partial charge in [-0.25, -0.2) is 9.31 Å². The van der Waals surface area contributed by atoms with Crippen molar-refractivity contribution in [2.45, 2.75) is 12.8 Å². The molecule has 1 N–H and O–H groups in total. The van der Waals surface area contributed by atoms with E-state index in [9.17, 15) is 9.59 Å². The average molecular weight is 531 g/mol. The van der Waals surface area contributed by atoms with Gasteiger partial charge in [0.1, 0.15) is 0 Å². The number of nitrogens with one attached hydrogen (secondary N) is 1. The molecule has 1 spiro atoms. The summed E-state index contributed by atoms with van der Waals surface area (Å²) in [7, 11) is 1.35. The Balaban J connectivity index is 1.08. The monoisotopic (exact) mass is 530 g/mol. The molecule has 3 fully saturated rings. The van der Waals surface area contributed by atoms with E-state index in [0.29, 0.717) is 52.7 Å². The van der Waals surface area contributed by atoms with Gasteiger partial charge in [-0.2, -0.15) is 10.1 Å². The van der Waals surface area contributed by atoms with Crippen LogP contribution < -0.4 is 10.2 Å². The van der Waals surface area contributed by atoms with Crippen LogP contribution in [0.15, 0.2) is 41.3 Å². The summed E-state index contributed by atoms with van der Waals surface area (Å²) in [6.07, 6.45) is 4.70. The van der Waals surface area contributed by atoms with Crippen LogP contribution in [-0.4, -0.2) is 88.1 Å². The first-order valence-corrected chi connectivity index (χ1v) is 12.7. The zero-order valence-electron chi connectivity index (χ0n) is 21.5. The minimum absolute atomic E-state index is 0.0488. The first kappa shape index (κ1) is 23.6. The molecule has 4 aromatic rings. The van der Waals surface area contributed by atoms with E-state index in [0.717, 1.165) is 37.5 Å². The Morgan fingerprint density at radius 1 is 1.18 bits per heavy atom. The third kappa shape index (κ3) is 3.96. The second-order valence-electron chi connectivity index (χ2n) is 10.5. The number of hydrogen-bond acceptors (Lipinski definition) is 10. The molecular weight excluding hydrogens is 504 g/mol. The van der Waals surface area contributed by atoms with E-state index in [2.05, 4.69) is 30.4 Å². The third-order valence-corrected chi connectivity index (χ3v) is 7.68. The van der Waals surface area contributed by atoms with Gasteiger partial charge in [0, 0.05) is 49.8 Å². The van der Waals surface area contributed by atoms with Gasteiger partial charge in [0.2, 0.25) is 11.7 Å². The fourth-order valence-corrected chi connectivity index (χ4v) is 5.26. The number of carbonyl (C=O) groups excluding carboxylic acids is 2. The number of nitrogens with zero attached hydrogens (tertiary/aromatic N) is 7. The van der Waals surface area contributed by atoms with E-state index in [-0.39, 0.29) is 17.9 Å². The Labute approximate surface area is 222 Å². The van der Waals surface area contributed by atoms with Crippen molar-refractivity contribution >= 4 is 28.9 Å². The van der Waals surface area contributed by atoms with E-state index in [1.165, 1.54) is 7.11 Å². The zero-order valence-corrected chi connectivity index (χ0v) is 21.5. The number of anilines is 2. The number of fused-ring (bicyclic) bond motifs is 1. The van der Waals surface area contributed by atoms with Crippen LogP contribution in [0.3, 0.4) is 0 Å². The predicted molar refractivity (Wildman–Crippen MR) is 138 cm³/mol. The molecule has 13 nitrogen and oxygen atoms in total. The van der Waals surface area contributed by atoms with Crippen molar-refractivity contribution in [3.05, 3.63) is 53.9 Å². The lowest BCUT2D eigenvalue weighted by atomic mass is 9.78. The molecule has 0 aliphatic carbocycles. The molecule has 0 saturated carbocycles. The predicted octanol–water partition coefficient (Wildman–Crippen LogP) is 2.34. The van der Waals surface area contributed by atoms with Gasteiger partial charge in [-0.1, -0.05) is 5.16 Å². The number of pyridine rings is 2. The quantitative estimate of drug-likeness (QED) is 0.409. The number of rotatable bonds is 5. The molecule has 0 radical (unpaired) electrons. The number of hydrogen-bond donors (Lipinski definition) is 1. The van der Waals surface area contributed by atoms with Crippen LogP contribution in [0.5, 0.6) is 0 Å². The van der Waals surface area contributed by atoms with Crippen molar-refractivity contribution in [1.29, 1.82) is 0 Å². The van der Waals surface area contributed by atoms with Crippen LogP contribution in [0, 0.1) is 12.3 Å². The van der Waals surface area contributed by atoms with Crippen LogP contribution in [0.1, 0.15) is 27.9 Å². The molecule has 0 aromatic carbocycles. The summed E-state index contributed by atoms with van der Waals surface area (Å²) in [4.78, 5) is 37.7. The van der Waals surface area contributed by atoms with Gasteiger partial charge in [-0.15, -0.1) is 0 Å². The molecule has 7 heterocycles. The van der Waals surface area contributed by atoms with Crippen molar-refractivity contribution < 1.29 is 23.6 Å². The summed E-state index contributed by atoms with van der Waals surface area (Å²) >= 11 is 0.